The normalized spacial score (nSPS) is 9.83. The van der Waals surface area contributed by atoms with Crippen molar-refractivity contribution in [3.63, 3.8) is 0 Å². The highest BCUT2D eigenvalue weighted by atomic mass is 79.9. The van der Waals surface area contributed by atoms with Gasteiger partial charge in [-0.15, -0.1) is 0 Å². The number of carbonyl (C=O) groups is 1. The van der Waals surface area contributed by atoms with Crippen molar-refractivity contribution in [1.29, 1.82) is 0 Å². The molecule has 0 aliphatic carbocycles. The smallest absolute Gasteiger partial charge is 0.355 e. The van der Waals surface area contributed by atoms with Gasteiger partial charge in [-0.1, -0.05) is 0 Å². The molecular formula is C6H5BrN2O2S. The fourth-order valence-electron chi connectivity index (χ4n) is 0.630. The van der Waals surface area contributed by atoms with E-state index in [2.05, 4.69) is 38.5 Å². The zero-order valence-corrected chi connectivity index (χ0v) is 8.34. The molecule has 0 atom stereocenters. The molecule has 64 valence electrons. The van der Waals surface area contributed by atoms with Gasteiger partial charge in [-0.2, -0.15) is 12.6 Å². The highest BCUT2D eigenvalue weighted by molar-refractivity contribution is 9.10. The summed E-state index contributed by atoms with van der Waals surface area (Å²) >= 11 is 6.96. The van der Waals surface area contributed by atoms with Crippen LogP contribution in [-0.4, -0.2) is 21.0 Å². The van der Waals surface area contributed by atoms with Crippen molar-refractivity contribution in [2.75, 3.05) is 0 Å². The molecule has 0 fully saturated rings. The van der Waals surface area contributed by atoms with Crippen molar-refractivity contribution < 1.29 is 9.90 Å². The first-order valence-corrected chi connectivity index (χ1v) is 4.43. The monoisotopic (exact) mass is 248 g/mol. The van der Waals surface area contributed by atoms with Crippen LogP contribution in [0.4, 0.5) is 0 Å². The molecule has 1 aromatic rings. The lowest BCUT2D eigenvalue weighted by Gasteiger charge is -1.98. The number of aromatic carboxylic acids is 1. The van der Waals surface area contributed by atoms with Crippen LogP contribution in [-0.2, 0) is 5.75 Å². The molecule has 1 rings (SSSR count). The Balaban J connectivity index is 3.17. The third kappa shape index (κ3) is 1.95. The van der Waals surface area contributed by atoms with Gasteiger partial charge < -0.3 is 5.11 Å². The van der Waals surface area contributed by atoms with Gasteiger partial charge in [0.2, 0.25) is 0 Å². The van der Waals surface area contributed by atoms with Crippen LogP contribution < -0.4 is 0 Å². The lowest BCUT2D eigenvalue weighted by Crippen LogP contribution is -2.05. The van der Waals surface area contributed by atoms with E-state index in [1.165, 1.54) is 6.20 Å². The Hall–Kier alpha value is -0.620. The summed E-state index contributed by atoms with van der Waals surface area (Å²) in [5.41, 5.74) is -0.0333. The van der Waals surface area contributed by atoms with Gasteiger partial charge in [0.1, 0.15) is 5.82 Å². The van der Waals surface area contributed by atoms with Gasteiger partial charge in [0.25, 0.3) is 0 Å². The number of hydrogen-bond acceptors (Lipinski definition) is 4. The highest BCUT2D eigenvalue weighted by Crippen LogP contribution is 2.13. The number of thiol groups is 1. The number of carboxylic acids is 1. The van der Waals surface area contributed by atoms with Gasteiger partial charge in [0, 0.05) is 6.20 Å². The maximum Gasteiger partial charge on any atom is 0.355 e. The summed E-state index contributed by atoms with van der Waals surface area (Å²) in [6, 6.07) is 0. The number of rotatable bonds is 2. The maximum atomic E-state index is 10.5. The predicted octanol–water partition coefficient (Wildman–Crippen LogP) is 1.37. The summed E-state index contributed by atoms with van der Waals surface area (Å²) in [5, 5.41) is 8.64. The molecule has 1 heterocycles. The minimum atomic E-state index is -1.08. The zero-order valence-electron chi connectivity index (χ0n) is 5.86. The van der Waals surface area contributed by atoms with Crippen molar-refractivity contribution in [1.82, 2.24) is 9.97 Å². The molecule has 0 saturated heterocycles. The van der Waals surface area contributed by atoms with E-state index in [1.807, 2.05) is 0 Å². The average molecular weight is 249 g/mol. The van der Waals surface area contributed by atoms with Gasteiger partial charge in [-0.05, 0) is 15.9 Å². The Labute approximate surface area is 82.6 Å². The summed E-state index contributed by atoms with van der Waals surface area (Å²) in [7, 11) is 0. The van der Waals surface area contributed by atoms with E-state index < -0.39 is 5.97 Å². The van der Waals surface area contributed by atoms with Crippen molar-refractivity contribution >= 4 is 34.5 Å². The van der Waals surface area contributed by atoms with Gasteiger partial charge in [-0.25, -0.2) is 14.8 Å². The first-order valence-electron chi connectivity index (χ1n) is 3.00. The van der Waals surface area contributed by atoms with Crippen molar-refractivity contribution in [3.05, 3.63) is 22.2 Å². The van der Waals surface area contributed by atoms with Gasteiger partial charge in [0.15, 0.2) is 5.69 Å². The molecule has 12 heavy (non-hydrogen) atoms. The van der Waals surface area contributed by atoms with E-state index in [-0.39, 0.29) is 5.69 Å². The van der Waals surface area contributed by atoms with E-state index in [4.69, 9.17) is 5.11 Å². The minimum Gasteiger partial charge on any atom is -0.476 e. The lowest BCUT2D eigenvalue weighted by atomic mass is 10.4. The van der Waals surface area contributed by atoms with E-state index in [1.54, 1.807) is 0 Å². The molecule has 0 amide bonds. The summed E-state index contributed by atoms with van der Waals surface area (Å²) in [4.78, 5) is 18.1. The first-order chi connectivity index (χ1) is 5.65. The SMILES string of the molecule is O=C(O)c1nc(CS)ncc1Br. The van der Waals surface area contributed by atoms with Crippen LogP contribution in [0.15, 0.2) is 10.7 Å². The predicted molar refractivity (Wildman–Crippen MR) is 49.4 cm³/mol. The molecule has 0 spiro atoms. The summed E-state index contributed by atoms with van der Waals surface area (Å²) < 4.78 is 0.375. The highest BCUT2D eigenvalue weighted by Gasteiger charge is 2.10. The molecule has 0 aliphatic heterocycles. The standard InChI is InChI=1S/C6H5BrN2O2S/c7-3-1-8-4(2-12)9-5(3)6(10)11/h1,12H,2H2,(H,10,11). The van der Waals surface area contributed by atoms with Gasteiger partial charge in [-0.3, -0.25) is 0 Å². The third-order valence-corrected chi connectivity index (χ3v) is 2.00. The molecule has 4 nitrogen and oxygen atoms in total. The van der Waals surface area contributed by atoms with Crippen LogP contribution in [0.3, 0.4) is 0 Å². The number of hydrogen-bond donors (Lipinski definition) is 2. The Bertz CT molecular complexity index is 318. The molecule has 6 heteroatoms. The van der Waals surface area contributed by atoms with Crippen molar-refractivity contribution in [2.24, 2.45) is 0 Å². The Kier molecular flexibility index (Phi) is 3.05. The van der Waals surface area contributed by atoms with Crippen LogP contribution >= 0.6 is 28.6 Å². The second-order valence-corrected chi connectivity index (χ2v) is 3.12. The van der Waals surface area contributed by atoms with Gasteiger partial charge in [0.05, 0.1) is 10.2 Å². The van der Waals surface area contributed by atoms with Crippen LogP contribution in [0.2, 0.25) is 0 Å². The second kappa shape index (κ2) is 3.86. The van der Waals surface area contributed by atoms with E-state index >= 15 is 0 Å². The quantitative estimate of drug-likeness (QED) is 0.777. The van der Waals surface area contributed by atoms with Crippen LogP contribution in [0.25, 0.3) is 0 Å². The van der Waals surface area contributed by atoms with Gasteiger partial charge >= 0.3 is 5.97 Å². The fraction of sp³-hybridized carbons (Fsp3) is 0.167. The molecule has 1 N–H and O–H groups in total. The second-order valence-electron chi connectivity index (χ2n) is 1.95. The largest absolute Gasteiger partial charge is 0.476 e. The first kappa shape index (κ1) is 9.47. The van der Waals surface area contributed by atoms with E-state index in [9.17, 15) is 4.79 Å². The van der Waals surface area contributed by atoms with Crippen molar-refractivity contribution in [3.8, 4) is 0 Å². The Morgan fingerprint density at radius 1 is 1.75 bits per heavy atom. The third-order valence-electron chi connectivity index (χ3n) is 1.14. The molecule has 0 aliphatic rings. The summed E-state index contributed by atoms with van der Waals surface area (Å²) in [6.07, 6.45) is 1.40. The molecule has 0 saturated carbocycles. The number of carboxylic acid groups (broad SMARTS) is 1. The molecule has 0 radical (unpaired) electrons. The summed E-state index contributed by atoms with van der Waals surface area (Å²) in [5.74, 6) is -0.348. The topological polar surface area (TPSA) is 63.1 Å². The lowest BCUT2D eigenvalue weighted by molar-refractivity contribution is 0.0689. The Morgan fingerprint density at radius 2 is 2.42 bits per heavy atom. The van der Waals surface area contributed by atoms with E-state index in [0.29, 0.717) is 16.0 Å². The van der Waals surface area contributed by atoms with Crippen LogP contribution in [0, 0.1) is 0 Å². The maximum absolute atomic E-state index is 10.5. The zero-order chi connectivity index (χ0) is 9.14. The molecule has 0 aromatic carbocycles. The Morgan fingerprint density at radius 3 is 2.92 bits per heavy atom. The molecular weight excluding hydrogens is 244 g/mol. The fourth-order valence-corrected chi connectivity index (χ4v) is 1.14. The van der Waals surface area contributed by atoms with Crippen LogP contribution in [0.5, 0.6) is 0 Å². The van der Waals surface area contributed by atoms with Crippen molar-refractivity contribution in [2.45, 2.75) is 5.75 Å². The molecule has 0 bridgehead atoms. The molecule has 1 aromatic heterocycles. The van der Waals surface area contributed by atoms with Crippen LogP contribution in [0.1, 0.15) is 16.3 Å². The average Bonchev–Trinajstić information content (AvgIpc) is 2.05. The number of halogens is 1. The minimum absolute atomic E-state index is 0.0333. The number of nitrogens with zero attached hydrogens (tertiary/aromatic N) is 2. The molecule has 0 unspecified atom stereocenters. The number of aromatic nitrogens is 2. The van der Waals surface area contributed by atoms with E-state index in [0.717, 1.165) is 0 Å². The summed E-state index contributed by atoms with van der Waals surface area (Å²) in [6.45, 7) is 0.